The molecule has 1 nitrogen and oxygen atoms in total. The van der Waals surface area contributed by atoms with E-state index in [4.69, 9.17) is 5.11 Å². The van der Waals surface area contributed by atoms with Crippen LogP contribution in [0.2, 0.25) is 0 Å². The SMILES string of the molecule is C=CC(=C)CCC=C(C)CO. The van der Waals surface area contributed by atoms with Crippen molar-refractivity contribution in [2.45, 2.75) is 19.8 Å². The molecule has 0 heterocycles. The zero-order valence-electron chi connectivity index (χ0n) is 7.14. The monoisotopic (exact) mass is 152 g/mol. The second kappa shape index (κ2) is 5.93. The van der Waals surface area contributed by atoms with Crippen LogP contribution in [0.4, 0.5) is 0 Å². The van der Waals surface area contributed by atoms with Gasteiger partial charge in [0.15, 0.2) is 0 Å². The molecule has 0 aromatic heterocycles. The van der Waals surface area contributed by atoms with Gasteiger partial charge in [-0.1, -0.05) is 36.5 Å². The summed E-state index contributed by atoms with van der Waals surface area (Å²) in [6.07, 6.45) is 5.66. The van der Waals surface area contributed by atoms with Gasteiger partial charge in [0, 0.05) is 0 Å². The van der Waals surface area contributed by atoms with Crippen molar-refractivity contribution in [3.8, 4) is 0 Å². The van der Waals surface area contributed by atoms with Crippen LogP contribution in [-0.2, 0) is 0 Å². The Hall–Kier alpha value is -0.820. The van der Waals surface area contributed by atoms with Crippen LogP contribution in [-0.4, -0.2) is 11.7 Å². The predicted molar refractivity (Wildman–Crippen MR) is 49.4 cm³/mol. The van der Waals surface area contributed by atoms with Gasteiger partial charge in [0.05, 0.1) is 6.61 Å². The molecule has 0 aromatic rings. The van der Waals surface area contributed by atoms with Crippen molar-refractivity contribution in [3.63, 3.8) is 0 Å². The van der Waals surface area contributed by atoms with E-state index in [0.717, 1.165) is 24.0 Å². The lowest BCUT2D eigenvalue weighted by Crippen LogP contribution is -1.83. The lowest BCUT2D eigenvalue weighted by Gasteiger charge is -1.96. The molecule has 0 amide bonds. The normalized spacial score (nSPS) is 11.3. The predicted octanol–water partition coefficient (Wildman–Crippen LogP) is 2.45. The Bertz CT molecular complexity index is 166. The highest BCUT2D eigenvalue weighted by molar-refractivity contribution is 5.12. The van der Waals surface area contributed by atoms with E-state index >= 15 is 0 Å². The molecule has 0 aromatic carbocycles. The van der Waals surface area contributed by atoms with Gasteiger partial charge in [0.2, 0.25) is 0 Å². The second-order valence-electron chi connectivity index (χ2n) is 2.61. The Morgan fingerprint density at radius 1 is 1.55 bits per heavy atom. The maximum Gasteiger partial charge on any atom is 0.0639 e. The standard InChI is InChI=1S/C10H16O/c1-4-9(2)6-5-7-10(3)8-11/h4,7,11H,1-2,5-6,8H2,3H3. The third kappa shape index (κ3) is 5.62. The van der Waals surface area contributed by atoms with Crippen LogP contribution in [0.1, 0.15) is 19.8 Å². The van der Waals surface area contributed by atoms with Crippen molar-refractivity contribution in [2.24, 2.45) is 0 Å². The van der Waals surface area contributed by atoms with E-state index in [9.17, 15) is 0 Å². The summed E-state index contributed by atoms with van der Waals surface area (Å²) >= 11 is 0. The third-order valence-electron chi connectivity index (χ3n) is 1.50. The average molecular weight is 152 g/mol. The minimum atomic E-state index is 0.153. The third-order valence-corrected chi connectivity index (χ3v) is 1.50. The van der Waals surface area contributed by atoms with Crippen molar-refractivity contribution in [1.29, 1.82) is 0 Å². The zero-order chi connectivity index (χ0) is 8.69. The van der Waals surface area contributed by atoms with Crippen molar-refractivity contribution in [1.82, 2.24) is 0 Å². The van der Waals surface area contributed by atoms with Crippen molar-refractivity contribution < 1.29 is 5.11 Å². The lowest BCUT2D eigenvalue weighted by atomic mass is 10.1. The maximum atomic E-state index is 8.65. The van der Waals surface area contributed by atoms with E-state index in [1.165, 1.54) is 0 Å². The molecule has 0 rings (SSSR count). The molecule has 0 fully saturated rings. The Labute approximate surface area is 68.7 Å². The Kier molecular flexibility index (Phi) is 5.49. The molecular weight excluding hydrogens is 136 g/mol. The molecule has 0 aliphatic rings. The fourth-order valence-corrected chi connectivity index (χ4v) is 0.671. The fourth-order valence-electron chi connectivity index (χ4n) is 0.671. The van der Waals surface area contributed by atoms with Crippen molar-refractivity contribution >= 4 is 0 Å². The van der Waals surface area contributed by atoms with Gasteiger partial charge in [-0.2, -0.15) is 0 Å². The van der Waals surface area contributed by atoms with Crippen LogP contribution >= 0.6 is 0 Å². The van der Waals surface area contributed by atoms with Gasteiger partial charge >= 0.3 is 0 Å². The first kappa shape index (κ1) is 10.2. The molecule has 0 atom stereocenters. The number of aliphatic hydroxyl groups excluding tert-OH is 1. The summed E-state index contributed by atoms with van der Waals surface area (Å²) in [6.45, 7) is 9.46. The lowest BCUT2D eigenvalue weighted by molar-refractivity contribution is 0.331. The summed E-state index contributed by atoms with van der Waals surface area (Å²) in [5.41, 5.74) is 2.06. The number of hydrogen-bond donors (Lipinski definition) is 1. The van der Waals surface area contributed by atoms with E-state index in [-0.39, 0.29) is 6.61 Å². The molecule has 0 unspecified atom stereocenters. The maximum absolute atomic E-state index is 8.65. The fraction of sp³-hybridized carbons (Fsp3) is 0.400. The molecule has 62 valence electrons. The molecule has 1 N–H and O–H groups in total. The minimum absolute atomic E-state index is 0.153. The smallest absolute Gasteiger partial charge is 0.0639 e. The molecule has 0 aliphatic heterocycles. The Morgan fingerprint density at radius 3 is 2.64 bits per heavy atom. The van der Waals surface area contributed by atoms with Crippen LogP contribution < -0.4 is 0 Å². The highest BCUT2D eigenvalue weighted by Gasteiger charge is 1.87. The van der Waals surface area contributed by atoms with Crippen LogP contribution in [0.25, 0.3) is 0 Å². The second-order valence-corrected chi connectivity index (χ2v) is 2.61. The highest BCUT2D eigenvalue weighted by atomic mass is 16.3. The first-order chi connectivity index (χ1) is 5.20. The average Bonchev–Trinajstić information content (AvgIpc) is 2.04. The van der Waals surface area contributed by atoms with Crippen LogP contribution in [0.3, 0.4) is 0 Å². The molecule has 1 heteroatoms. The Balaban J connectivity index is 3.55. The molecule has 11 heavy (non-hydrogen) atoms. The molecule has 0 saturated heterocycles. The quantitative estimate of drug-likeness (QED) is 0.474. The molecule has 0 spiro atoms. The summed E-state index contributed by atoms with van der Waals surface area (Å²) in [5.74, 6) is 0. The summed E-state index contributed by atoms with van der Waals surface area (Å²) < 4.78 is 0. The van der Waals surface area contributed by atoms with E-state index in [0.29, 0.717) is 0 Å². The van der Waals surface area contributed by atoms with E-state index in [1.54, 1.807) is 6.08 Å². The molecule has 0 aliphatic carbocycles. The van der Waals surface area contributed by atoms with Gasteiger partial charge in [-0.3, -0.25) is 0 Å². The van der Waals surface area contributed by atoms with Crippen molar-refractivity contribution in [3.05, 3.63) is 36.5 Å². The molecular formula is C10H16O. The van der Waals surface area contributed by atoms with Gasteiger partial charge < -0.3 is 5.11 Å². The van der Waals surface area contributed by atoms with Crippen LogP contribution in [0.5, 0.6) is 0 Å². The molecule has 0 radical (unpaired) electrons. The first-order valence-corrected chi connectivity index (χ1v) is 3.77. The van der Waals surface area contributed by atoms with Crippen molar-refractivity contribution in [2.75, 3.05) is 6.61 Å². The summed E-state index contributed by atoms with van der Waals surface area (Å²) in [5, 5.41) is 8.65. The molecule has 0 bridgehead atoms. The van der Waals surface area contributed by atoms with Crippen LogP contribution in [0, 0.1) is 0 Å². The summed E-state index contributed by atoms with van der Waals surface area (Å²) in [7, 11) is 0. The first-order valence-electron chi connectivity index (χ1n) is 3.77. The van der Waals surface area contributed by atoms with Gasteiger partial charge in [0.1, 0.15) is 0 Å². The van der Waals surface area contributed by atoms with E-state index < -0.39 is 0 Å². The topological polar surface area (TPSA) is 20.2 Å². The zero-order valence-corrected chi connectivity index (χ0v) is 7.14. The van der Waals surface area contributed by atoms with E-state index in [1.807, 2.05) is 13.0 Å². The van der Waals surface area contributed by atoms with Gasteiger partial charge in [-0.25, -0.2) is 0 Å². The minimum Gasteiger partial charge on any atom is -0.392 e. The van der Waals surface area contributed by atoms with Crippen LogP contribution in [0.15, 0.2) is 36.5 Å². The number of hydrogen-bond acceptors (Lipinski definition) is 1. The molecule has 0 saturated carbocycles. The summed E-state index contributed by atoms with van der Waals surface area (Å²) in [6, 6.07) is 0. The van der Waals surface area contributed by atoms with Gasteiger partial charge in [-0.05, 0) is 19.8 Å². The van der Waals surface area contributed by atoms with Gasteiger partial charge in [0.25, 0.3) is 0 Å². The summed E-state index contributed by atoms with van der Waals surface area (Å²) in [4.78, 5) is 0. The number of rotatable bonds is 5. The highest BCUT2D eigenvalue weighted by Crippen LogP contribution is 2.05. The largest absolute Gasteiger partial charge is 0.392 e. The Morgan fingerprint density at radius 2 is 2.18 bits per heavy atom. The number of allylic oxidation sites excluding steroid dienone is 3. The van der Waals surface area contributed by atoms with Gasteiger partial charge in [-0.15, -0.1) is 0 Å². The van der Waals surface area contributed by atoms with E-state index in [2.05, 4.69) is 13.2 Å². The number of aliphatic hydroxyl groups is 1.